The van der Waals surface area contributed by atoms with Gasteiger partial charge in [-0.25, -0.2) is 0 Å². The van der Waals surface area contributed by atoms with Crippen molar-refractivity contribution in [1.82, 2.24) is 5.32 Å². The second-order valence-corrected chi connectivity index (χ2v) is 2.07. The van der Waals surface area contributed by atoms with Crippen molar-refractivity contribution >= 4 is 0 Å². The van der Waals surface area contributed by atoms with E-state index in [-0.39, 0.29) is 12.4 Å². The van der Waals surface area contributed by atoms with E-state index in [1.165, 1.54) is 0 Å². The minimum absolute atomic E-state index is 0.116. The third-order valence-electron chi connectivity index (χ3n) is 1.40. The molecule has 0 spiro atoms. The molecule has 1 unspecified atom stereocenters. The van der Waals surface area contributed by atoms with Crippen molar-refractivity contribution in [3.05, 3.63) is 0 Å². The van der Waals surface area contributed by atoms with Gasteiger partial charge in [0.1, 0.15) is 0 Å². The lowest BCUT2D eigenvalue weighted by molar-refractivity contribution is 0.0820. The Bertz CT molecular complexity index is 160. The molecule has 0 bridgehead atoms. The van der Waals surface area contributed by atoms with Crippen LogP contribution in [0.1, 0.15) is 0 Å². The zero-order valence-corrected chi connectivity index (χ0v) is 5.27. The quantitative estimate of drug-likeness (QED) is 0.562. The van der Waals surface area contributed by atoms with E-state index in [1.54, 1.807) is 0 Å². The average molecular weight is 141 g/mol. The SMILES string of the molecule is C1COC(C2N=NN=N2)N1. The third kappa shape index (κ3) is 0.910. The van der Waals surface area contributed by atoms with Crippen LogP contribution >= 0.6 is 0 Å². The highest BCUT2D eigenvalue weighted by Crippen LogP contribution is 2.12. The highest BCUT2D eigenvalue weighted by Gasteiger charge is 2.26. The molecule has 0 aliphatic carbocycles. The van der Waals surface area contributed by atoms with Gasteiger partial charge in [-0.3, -0.25) is 5.32 Å². The van der Waals surface area contributed by atoms with Gasteiger partial charge in [-0.1, -0.05) is 0 Å². The van der Waals surface area contributed by atoms with Crippen LogP contribution in [0, 0.1) is 0 Å². The molecule has 2 rings (SSSR count). The molecule has 2 heterocycles. The maximum absolute atomic E-state index is 5.22. The molecule has 1 saturated heterocycles. The number of nitrogens with one attached hydrogen (secondary N) is 1. The molecule has 10 heavy (non-hydrogen) atoms. The molecular weight excluding hydrogens is 134 g/mol. The van der Waals surface area contributed by atoms with Crippen LogP contribution in [0.4, 0.5) is 0 Å². The molecule has 1 N–H and O–H groups in total. The normalized spacial score (nSPS) is 32.2. The van der Waals surface area contributed by atoms with Crippen LogP contribution in [0.25, 0.3) is 0 Å². The molecule has 2 aliphatic rings. The van der Waals surface area contributed by atoms with Crippen molar-refractivity contribution < 1.29 is 4.74 Å². The van der Waals surface area contributed by atoms with E-state index in [1.807, 2.05) is 0 Å². The summed E-state index contributed by atoms with van der Waals surface area (Å²) in [4.78, 5) is 0. The van der Waals surface area contributed by atoms with Crippen molar-refractivity contribution in [3.8, 4) is 0 Å². The van der Waals surface area contributed by atoms with Crippen LogP contribution in [0.15, 0.2) is 20.7 Å². The topological polar surface area (TPSA) is 70.7 Å². The molecule has 0 amide bonds. The van der Waals surface area contributed by atoms with Crippen molar-refractivity contribution in [3.63, 3.8) is 0 Å². The van der Waals surface area contributed by atoms with E-state index in [9.17, 15) is 0 Å². The Kier molecular flexibility index (Phi) is 1.40. The summed E-state index contributed by atoms with van der Waals surface area (Å²) in [5.74, 6) is 0. The van der Waals surface area contributed by atoms with Gasteiger partial charge in [-0.05, 0) is 10.4 Å². The van der Waals surface area contributed by atoms with Gasteiger partial charge in [-0.2, -0.15) is 0 Å². The van der Waals surface area contributed by atoms with E-state index in [0.717, 1.165) is 6.54 Å². The van der Waals surface area contributed by atoms with Gasteiger partial charge in [0, 0.05) is 6.54 Å². The summed E-state index contributed by atoms with van der Waals surface area (Å²) in [6, 6.07) is 0. The highest BCUT2D eigenvalue weighted by atomic mass is 16.5. The summed E-state index contributed by atoms with van der Waals surface area (Å²) >= 11 is 0. The molecule has 0 aromatic carbocycles. The first kappa shape index (κ1) is 5.87. The Morgan fingerprint density at radius 2 is 2.10 bits per heavy atom. The lowest BCUT2D eigenvalue weighted by atomic mass is 10.5. The van der Waals surface area contributed by atoms with E-state index in [0.29, 0.717) is 6.61 Å². The largest absolute Gasteiger partial charge is 0.358 e. The van der Waals surface area contributed by atoms with E-state index in [2.05, 4.69) is 26.0 Å². The van der Waals surface area contributed by atoms with Crippen LogP contribution in [0.3, 0.4) is 0 Å². The summed E-state index contributed by atoms with van der Waals surface area (Å²) in [5.41, 5.74) is 0. The highest BCUT2D eigenvalue weighted by molar-refractivity contribution is 4.75. The second-order valence-electron chi connectivity index (χ2n) is 2.07. The first-order chi connectivity index (χ1) is 4.97. The van der Waals surface area contributed by atoms with E-state index < -0.39 is 0 Å². The molecular formula is C4H7N5O. The minimum Gasteiger partial charge on any atom is -0.358 e. The fourth-order valence-corrected chi connectivity index (χ4v) is 0.934. The number of nitrogens with zero attached hydrogens (tertiary/aromatic N) is 4. The van der Waals surface area contributed by atoms with Gasteiger partial charge in [0.2, 0.25) is 6.17 Å². The monoisotopic (exact) mass is 141 g/mol. The summed E-state index contributed by atoms with van der Waals surface area (Å²) in [6.07, 6.45) is -0.377. The van der Waals surface area contributed by atoms with Gasteiger partial charge in [0.25, 0.3) is 0 Å². The predicted molar refractivity (Wildman–Crippen MR) is 31.2 cm³/mol. The van der Waals surface area contributed by atoms with Gasteiger partial charge >= 0.3 is 0 Å². The number of ether oxygens (including phenoxy) is 1. The Balaban J connectivity index is 1.98. The Hall–Kier alpha value is -0.880. The van der Waals surface area contributed by atoms with Crippen LogP contribution in [0.2, 0.25) is 0 Å². The standard InChI is InChI=1S/C4H7N5O/c1-2-10-4(5-1)3-6-8-9-7-3/h3-5H,1-2H2. The van der Waals surface area contributed by atoms with Crippen molar-refractivity contribution in [1.29, 1.82) is 0 Å². The molecule has 0 aromatic rings. The van der Waals surface area contributed by atoms with Gasteiger partial charge < -0.3 is 4.74 Å². The van der Waals surface area contributed by atoms with Crippen LogP contribution in [-0.4, -0.2) is 25.5 Å². The predicted octanol–water partition coefficient (Wildman–Crippen LogP) is 0.0914. The van der Waals surface area contributed by atoms with Crippen molar-refractivity contribution in [2.45, 2.75) is 12.4 Å². The molecule has 0 saturated carbocycles. The second kappa shape index (κ2) is 2.39. The maximum Gasteiger partial charge on any atom is 0.224 e. The summed E-state index contributed by atoms with van der Waals surface area (Å²) in [6.45, 7) is 1.57. The van der Waals surface area contributed by atoms with Crippen LogP contribution < -0.4 is 5.32 Å². The number of rotatable bonds is 1. The summed E-state index contributed by atoms with van der Waals surface area (Å²) in [5, 5.41) is 17.3. The molecule has 6 heteroatoms. The smallest absolute Gasteiger partial charge is 0.224 e. The van der Waals surface area contributed by atoms with Gasteiger partial charge in [0.15, 0.2) is 6.23 Å². The third-order valence-corrected chi connectivity index (χ3v) is 1.40. The lowest BCUT2D eigenvalue weighted by Gasteiger charge is -2.08. The molecule has 6 nitrogen and oxygen atoms in total. The first-order valence-electron chi connectivity index (χ1n) is 3.12. The molecule has 54 valence electrons. The lowest BCUT2D eigenvalue weighted by Crippen LogP contribution is -2.32. The zero-order valence-electron chi connectivity index (χ0n) is 5.27. The Labute approximate surface area is 57.3 Å². The number of hydrogen-bond acceptors (Lipinski definition) is 6. The van der Waals surface area contributed by atoms with Gasteiger partial charge in [0.05, 0.1) is 6.61 Å². The maximum atomic E-state index is 5.22. The fourth-order valence-electron chi connectivity index (χ4n) is 0.934. The molecule has 0 aromatic heterocycles. The van der Waals surface area contributed by atoms with Crippen molar-refractivity contribution in [2.75, 3.05) is 13.2 Å². The molecule has 1 fully saturated rings. The minimum atomic E-state index is -0.262. The molecule has 1 atom stereocenters. The van der Waals surface area contributed by atoms with Crippen molar-refractivity contribution in [2.24, 2.45) is 20.7 Å². The first-order valence-corrected chi connectivity index (χ1v) is 3.12. The summed E-state index contributed by atoms with van der Waals surface area (Å²) in [7, 11) is 0. The van der Waals surface area contributed by atoms with Gasteiger partial charge in [-0.15, -0.1) is 10.2 Å². The van der Waals surface area contributed by atoms with Crippen LogP contribution in [-0.2, 0) is 4.74 Å². The zero-order chi connectivity index (χ0) is 6.81. The molecule has 0 radical (unpaired) electrons. The fraction of sp³-hybridized carbons (Fsp3) is 1.00. The average Bonchev–Trinajstić information content (AvgIpc) is 2.59. The van der Waals surface area contributed by atoms with E-state index >= 15 is 0 Å². The Morgan fingerprint density at radius 3 is 2.70 bits per heavy atom. The summed E-state index contributed by atoms with van der Waals surface area (Å²) < 4.78 is 5.22. The number of hydrogen-bond donors (Lipinski definition) is 1. The van der Waals surface area contributed by atoms with E-state index in [4.69, 9.17) is 4.74 Å². The molecule has 2 aliphatic heterocycles. The van der Waals surface area contributed by atoms with Crippen LogP contribution in [0.5, 0.6) is 0 Å². The Morgan fingerprint density at radius 1 is 1.30 bits per heavy atom.